The van der Waals surface area contributed by atoms with Crippen LogP contribution in [-0.2, 0) is 13.2 Å². The predicted molar refractivity (Wildman–Crippen MR) is 75.0 cm³/mol. The third-order valence-electron chi connectivity index (χ3n) is 2.55. The maximum Gasteiger partial charge on any atom is 0.124 e. The Hall–Kier alpha value is -1.39. The number of aryl methyl sites for hydroxylation is 1. The fourth-order valence-corrected chi connectivity index (χ4v) is 2.31. The molecule has 0 spiro atoms. The van der Waals surface area contributed by atoms with Gasteiger partial charge in [0.15, 0.2) is 0 Å². The van der Waals surface area contributed by atoms with Crippen LogP contribution >= 0.6 is 11.3 Å². The van der Waals surface area contributed by atoms with Crippen LogP contribution in [0.5, 0.6) is 5.75 Å². The van der Waals surface area contributed by atoms with Crippen LogP contribution in [0.15, 0.2) is 30.5 Å². The van der Waals surface area contributed by atoms with Gasteiger partial charge in [0, 0.05) is 12.7 Å². The summed E-state index contributed by atoms with van der Waals surface area (Å²) in [6, 6.07) is 8.22. The molecule has 0 saturated carbocycles. The first kappa shape index (κ1) is 13.1. The summed E-state index contributed by atoms with van der Waals surface area (Å²) in [5.41, 5.74) is 1.28. The molecule has 18 heavy (non-hydrogen) atoms. The van der Waals surface area contributed by atoms with E-state index < -0.39 is 0 Å². The SMILES string of the molecule is CCNCc1ccc(OCc2cnc(C)s2)cc1. The summed E-state index contributed by atoms with van der Waals surface area (Å²) in [4.78, 5) is 5.36. The van der Waals surface area contributed by atoms with Crippen molar-refractivity contribution in [3.63, 3.8) is 0 Å². The molecular weight excluding hydrogens is 244 g/mol. The number of hydrogen-bond donors (Lipinski definition) is 1. The molecule has 0 radical (unpaired) electrons. The van der Waals surface area contributed by atoms with E-state index in [1.807, 2.05) is 25.3 Å². The van der Waals surface area contributed by atoms with Crippen molar-refractivity contribution < 1.29 is 4.74 Å². The highest BCUT2D eigenvalue weighted by Crippen LogP contribution is 2.17. The number of hydrogen-bond acceptors (Lipinski definition) is 4. The molecule has 2 aromatic rings. The summed E-state index contributed by atoms with van der Waals surface area (Å²) in [7, 11) is 0. The Bertz CT molecular complexity index is 479. The summed E-state index contributed by atoms with van der Waals surface area (Å²) in [5.74, 6) is 0.904. The van der Waals surface area contributed by atoms with Crippen LogP contribution in [0.3, 0.4) is 0 Å². The molecule has 0 saturated heterocycles. The lowest BCUT2D eigenvalue weighted by molar-refractivity contribution is 0.309. The van der Waals surface area contributed by atoms with Crippen LogP contribution in [0, 0.1) is 6.92 Å². The largest absolute Gasteiger partial charge is 0.488 e. The fourth-order valence-electron chi connectivity index (χ4n) is 1.60. The lowest BCUT2D eigenvalue weighted by Gasteiger charge is -2.06. The first-order valence-corrected chi connectivity index (χ1v) is 6.93. The minimum Gasteiger partial charge on any atom is -0.488 e. The Balaban J connectivity index is 1.86. The van der Waals surface area contributed by atoms with Gasteiger partial charge in [0.2, 0.25) is 0 Å². The van der Waals surface area contributed by atoms with Gasteiger partial charge < -0.3 is 10.1 Å². The molecule has 0 aliphatic heterocycles. The molecule has 0 aliphatic carbocycles. The third-order valence-corrected chi connectivity index (χ3v) is 3.44. The quantitative estimate of drug-likeness (QED) is 0.868. The Morgan fingerprint density at radius 2 is 2.06 bits per heavy atom. The van der Waals surface area contributed by atoms with E-state index in [0.717, 1.165) is 28.7 Å². The summed E-state index contributed by atoms with van der Waals surface area (Å²) >= 11 is 1.68. The van der Waals surface area contributed by atoms with Crippen molar-refractivity contribution in [1.29, 1.82) is 0 Å². The van der Waals surface area contributed by atoms with E-state index >= 15 is 0 Å². The second-order valence-corrected chi connectivity index (χ2v) is 5.38. The van der Waals surface area contributed by atoms with Crippen LogP contribution in [-0.4, -0.2) is 11.5 Å². The second kappa shape index (κ2) is 6.52. The first-order valence-electron chi connectivity index (χ1n) is 6.11. The Morgan fingerprint density at radius 1 is 1.28 bits per heavy atom. The van der Waals surface area contributed by atoms with Crippen LogP contribution in [0.4, 0.5) is 0 Å². The topological polar surface area (TPSA) is 34.1 Å². The van der Waals surface area contributed by atoms with Crippen molar-refractivity contribution in [3.05, 3.63) is 45.9 Å². The average molecular weight is 262 g/mol. The molecule has 0 atom stereocenters. The number of aromatic nitrogens is 1. The van der Waals surface area contributed by atoms with Gasteiger partial charge in [-0.3, -0.25) is 0 Å². The van der Waals surface area contributed by atoms with Crippen molar-refractivity contribution >= 4 is 11.3 Å². The second-order valence-electron chi connectivity index (χ2n) is 4.06. The van der Waals surface area contributed by atoms with E-state index in [9.17, 15) is 0 Å². The van der Waals surface area contributed by atoms with E-state index in [2.05, 4.69) is 29.4 Å². The molecule has 1 aromatic heterocycles. The van der Waals surface area contributed by atoms with Crippen LogP contribution in [0.25, 0.3) is 0 Å². The van der Waals surface area contributed by atoms with Gasteiger partial charge >= 0.3 is 0 Å². The van der Waals surface area contributed by atoms with E-state index in [-0.39, 0.29) is 0 Å². The minimum atomic E-state index is 0.595. The van der Waals surface area contributed by atoms with Crippen molar-refractivity contribution in [2.24, 2.45) is 0 Å². The molecule has 3 nitrogen and oxygen atoms in total. The van der Waals surface area contributed by atoms with Crippen LogP contribution in [0.2, 0.25) is 0 Å². The van der Waals surface area contributed by atoms with Gasteiger partial charge in [-0.25, -0.2) is 4.98 Å². The smallest absolute Gasteiger partial charge is 0.124 e. The summed E-state index contributed by atoms with van der Waals surface area (Å²) < 4.78 is 5.71. The fraction of sp³-hybridized carbons (Fsp3) is 0.357. The maximum atomic E-state index is 5.71. The Labute approximate surface area is 112 Å². The number of rotatable bonds is 6. The lowest BCUT2D eigenvalue weighted by atomic mass is 10.2. The summed E-state index contributed by atoms with van der Waals surface area (Å²) in [6.45, 7) is 6.60. The number of nitrogens with zero attached hydrogens (tertiary/aromatic N) is 1. The molecule has 0 bridgehead atoms. The van der Waals surface area contributed by atoms with Gasteiger partial charge in [-0.1, -0.05) is 19.1 Å². The summed E-state index contributed by atoms with van der Waals surface area (Å²) in [6.07, 6.45) is 1.87. The lowest BCUT2D eigenvalue weighted by Crippen LogP contribution is -2.11. The molecule has 0 aliphatic rings. The number of benzene rings is 1. The van der Waals surface area contributed by atoms with E-state index in [4.69, 9.17) is 4.74 Å². The number of thiazole rings is 1. The van der Waals surface area contributed by atoms with E-state index in [1.54, 1.807) is 11.3 Å². The van der Waals surface area contributed by atoms with Gasteiger partial charge in [-0.15, -0.1) is 11.3 Å². The highest BCUT2D eigenvalue weighted by atomic mass is 32.1. The molecule has 1 heterocycles. The molecule has 0 fully saturated rings. The van der Waals surface area contributed by atoms with E-state index in [1.165, 1.54) is 5.56 Å². The molecule has 1 aromatic carbocycles. The minimum absolute atomic E-state index is 0.595. The Kier molecular flexibility index (Phi) is 4.73. The molecule has 0 amide bonds. The molecule has 96 valence electrons. The predicted octanol–water partition coefficient (Wildman–Crippen LogP) is 3.14. The Morgan fingerprint density at radius 3 is 2.67 bits per heavy atom. The monoisotopic (exact) mass is 262 g/mol. The number of nitrogens with one attached hydrogen (secondary N) is 1. The van der Waals surface area contributed by atoms with Gasteiger partial charge in [0.05, 0.1) is 9.88 Å². The third kappa shape index (κ3) is 3.82. The van der Waals surface area contributed by atoms with Gasteiger partial charge in [-0.05, 0) is 31.2 Å². The zero-order valence-corrected chi connectivity index (χ0v) is 11.6. The normalized spacial score (nSPS) is 10.6. The molecule has 1 N–H and O–H groups in total. The van der Waals surface area contributed by atoms with Gasteiger partial charge in [0.1, 0.15) is 12.4 Å². The van der Waals surface area contributed by atoms with E-state index in [0.29, 0.717) is 6.61 Å². The average Bonchev–Trinajstić information content (AvgIpc) is 2.81. The van der Waals surface area contributed by atoms with Crippen molar-refractivity contribution in [1.82, 2.24) is 10.3 Å². The van der Waals surface area contributed by atoms with Crippen LogP contribution < -0.4 is 10.1 Å². The highest BCUT2D eigenvalue weighted by Gasteiger charge is 2.00. The number of ether oxygens (including phenoxy) is 1. The van der Waals surface area contributed by atoms with Crippen LogP contribution in [0.1, 0.15) is 22.4 Å². The highest BCUT2D eigenvalue weighted by molar-refractivity contribution is 7.11. The molecule has 4 heteroatoms. The van der Waals surface area contributed by atoms with Gasteiger partial charge in [-0.2, -0.15) is 0 Å². The maximum absolute atomic E-state index is 5.71. The first-order chi connectivity index (χ1) is 8.78. The zero-order chi connectivity index (χ0) is 12.8. The van der Waals surface area contributed by atoms with Crippen molar-refractivity contribution in [3.8, 4) is 5.75 Å². The standard InChI is InChI=1S/C14H18N2OS/c1-3-15-8-12-4-6-13(7-5-12)17-10-14-9-16-11(2)18-14/h4-7,9,15H,3,8,10H2,1-2H3. The molecule has 0 unspecified atom stereocenters. The van der Waals surface area contributed by atoms with Crippen molar-refractivity contribution in [2.75, 3.05) is 6.54 Å². The zero-order valence-electron chi connectivity index (χ0n) is 10.8. The molecular formula is C14H18N2OS. The van der Waals surface area contributed by atoms with Gasteiger partial charge in [0.25, 0.3) is 0 Å². The summed E-state index contributed by atoms with van der Waals surface area (Å²) in [5, 5.41) is 4.38. The molecule has 2 rings (SSSR count). The van der Waals surface area contributed by atoms with Crippen molar-refractivity contribution in [2.45, 2.75) is 27.0 Å².